The van der Waals surface area contributed by atoms with Crippen LogP contribution in [-0.4, -0.2) is 50.4 Å². The van der Waals surface area contributed by atoms with E-state index >= 15 is 0 Å². The molecule has 1 fully saturated rings. The molecule has 1 aliphatic rings. The van der Waals surface area contributed by atoms with E-state index in [9.17, 15) is 13.2 Å². The third kappa shape index (κ3) is 5.19. The van der Waals surface area contributed by atoms with Gasteiger partial charge < -0.3 is 5.32 Å². The van der Waals surface area contributed by atoms with Crippen molar-refractivity contribution in [1.82, 2.24) is 10.2 Å². The summed E-state index contributed by atoms with van der Waals surface area (Å²) in [6.45, 7) is 2.21. The number of likely N-dealkylation sites (N-methyl/N-ethyl adjacent to an activating group) is 1. The molecule has 2 rings (SSSR count). The average Bonchev–Trinajstić information content (AvgIpc) is 2.86. The maximum Gasteiger partial charge on any atom is 0.234 e. The lowest BCUT2D eigenvalue weighted by molar-refractivity contribution is -0.123. The summed E-state index contributed by atoms with van der Waals surface area (Å²) in [5.41, 5.74) is 1.01. The fourth-order valence-electron chi connectivity index (χ4n) is 2.83. The topological polar surface area (TPSA) is 66.5 Å². The summed E-state index contributed by atoms with van der Waals surface area (Å²) in [7, 11) is -1.14. The smallest absolute Gasteiger partial charge is 0.234 e. The second-order valence-corrected chi connectivity index (χ2v) is 8.72. The van der Waals surface area contributed by atoms with Crippen molar-refractivity contribution < 1.29 is 13.2 Å². The molecule has 128 valence electrons. The van der Waals surface area contributed by atoms with Gasteiger partial charge in [0, 0.05) is 11.1 Å². The molecule has 5 nitrogen and oxygen atoms in total. The number of carbonyl (C=O) groups is 1. The average molecular weight is 359 g/mol. The molecule has 2 unspecified atom stereocenters. The van der Waals surface area contributed by atoms with E-state index in [1.807, 2.05) is 24.0 Å². The highest BCUT2D eigenvalue weighted by molar-refractivity contribution is 7.91. The molecule has 1 amide bonds. The molecule has 1 heterocycles. The molecule has 2 atom stereocenters. The Hall–Kier alpha value is -1.11. The lowest BCUT2D eigenvalue weighted by atomic mass is 10.0. The number of sulfone groups is 1. The van der Waals surface area contributed by atoms with Crippen molar-refractivity contribution >= 4 is 27.3 Å². The maximum atomic E-state index is 12.3. The normalized spacial score (nSPS) is 21.3. The molecule has 0 aliphatic carbocycles. The first-order valence-corrected chi connectivity index (χ1v) is 9.96. The first-order chi connectivity index (χ1) is 10.8. The monoisotopic (exact) mass is 358 g/mol. The predicted molar refractivity (Wildman–Crippen MR) is 92.3 cm³/mol. The van der Waals surface area contributed by atoms with Gasteiger partial charge in [-0.05, 0) is 37.6 Å². The highest BCUT2D eigenvalue weighted by atomic mass is 35.5. The molecule has 1 aromatic carbocycles. The number of nitrogens with zero attached hydrogens (tertiary/aromatic N) is 1. The van der Waals surface area contributed by atoms with Crippen LogP contribution in [0.1, 0.15) is 31.4 Å². The van der Waals surface area contributed by atoms with Gasteiger partial charge in [-0.3, -0.25) is 9.69 Å². The number of benzene rings is 1. The minimum Gasteiger partial charge on any atom is -0.348 e. The van der Waals surface area contributed by atoms with Crippen molar-refractivity contribution in [3.63, 3.8) is 0 Å². The Bertz CT molecular complexity index is 646. The zero-order valence-corrected chi connectivity index (χ0v) is 15.0. The van der Waals surface area contributed by atoms with Crippen LogP contribution in [0.5, 0.6) is 0 Å². The Balaban J connectivity index is 1.91. The highest BCUT2D eigenvalue weighted by Gasteiger charge is 2.31. The molecule has 0 radical (unpaired) electrons. The van der Waals surface area contributed by atoms with Crippen molar-refractivity contribution in [2.75, 3.05) is 25.1 Å². The third-order valence-corrected chi connectivity index (χ3v) is 6.24. The molecule has 1 saturated heterocycles. The SMILES string of the molecule is CCC(NC(=O)CN(C)C1CCS(=O)(=O)C1)c1ccc(Cl)cc1. The Kier molecular flexibility index (Phi) is 6.06. The minimum atomic E-state index is -2.94. The standard InChI is InChI=1S/C16H23ClN2O3S/c1-3-15(12-4-6-13(17)7-5-12)18-16(20)10-19(2)14-8-9-23(21,22)11-14/h4-7,14-15H,3,8-11H2,1-2H3,(H,18,20). The van der Waals surface area contributed by atoms with E-state index in [-0.39, 0.29) is 36.0 Å². The van der Waals surface area contributed by atoms with Crippen molar-refractivity contribution in [3.05, 3.63) is 34.9 Å². The number of amides is 1. The Morgan fingerprint density at radius 2 is 2.04 bits per heavy atom. The van der Waals surface area contributed by atoms with Gasteiger partial charge in [0.05, 0.1) is 24.1 Å². The van der Waals surface area contributed by atoms with Gasteiger partial charge in [0.1, 0.15) is 0 Å². The first-order valence-electron chi connectivity index (χ1n) is 7.76. The summed E-state index contributed by atoms with van der Waals surface area (Å²) >= 11 is 5.89. The van der Waals surface area contributed by atoms with Gasteiger partial charge >= 0.3 is 0 Å². The summed E-state index contributed by atoms with van der Waals surface area (Å²) < 4.78 is 23.1. The summed E-state index contributed by atoms with van der Waals surface area (Å²) in [4.78, 5) is 14.1. The predicted octanol–water partition coefficient (Wildman–Crippen LogP) is 2.03. The Morgan fingerprint density at radius 1 is 1.39 bits per heavy atom. The molecule has 1 N–H and O–H groups in total. The van der Waals surface area contributed by atoms with Crippen molar-refractivity contribution in [1.29, 1.82) is 0 Å². The zero-order chi connectivity index (χ0) is 17.0. The number of hydrogen-bond acceptors (Lipinski definition) is 4. The van der Waals surface area contributed by atoms with Gasteiger partial charge in [0.15, 0.2) is 9.84 Å². The molecule has 0 aromatic heterocycles. The van der Waals surface area contributed by atoms with E-state index in [0.717, 1.165) is 12.0 Å². The molecule has 1 aromatic rings. The van der Waals surface area contributed by atoms with Crippen LogP contribution >= 0.6 is 11.6 Å². The molecule has 0 spiro atoms. The van der Waals surface area contributed by atoms with Gasteiger partial charge in [-0.15, -0.1) is 0 Å². The molecule has 0 saturated carbocycles. The minimum absolute atomic E-state index is 0.0682. The third-order valence-electron chi connectivity index (χ3n) is 4.24. The van der Waals surface area contributed by atoms with E-state index < -0.39 is 9.84 Å². The van der Waals surface area contributed by atoms with Crippen molar-refractivity contribution in [2.45, 2.75) is 31.8 Å². The molecule has 0 bridgehead atoms. The summed E-state index contributed by atoms with van der Waals surface area (Å²) in [6.07, 6.45) is 1.37. The lowest BCUT2D eigenvalue weighted by Gasteiger charge is -2.24. The Morgan fingerprint density at radius 3 is 2.57 bits per heavy atom. The maximum absolute atomic E-state index is 12.3. The quantitative estimate of drug-likeness (QED) is 0.845. The van der Waals surface area contributed by atoms with Gasteiger partial charge in [-0.2, -0.15) is 0 Å². The number of carbonyl (C=O) groups excluding carboxylic acids is 1. The number of halogens is 1. The fraction of sp³-hybridized carbons (Fsp3) is 0.562. The number of rotatable bonds is 6. The largest absolute Gasteiger partial charge is 0.348 e. The van der Waals surface area contributed by atoms with E-state index in [0.29, 0.717) is 11.4 Å². The van der Waals surface area contributed by atoms with Crippen LogP contribution in [0.4, 0.5) is 0 Å². The number of nitrogens with one attached hydrogen (secondary N) is 1. The second kappa shape index (κ2) is 7.64. The van der Waals surface area contributed by atoms with E-state index in [1.54, 1.807) is 19.2 Å². The molecular formula is C16H23ClN2O3S. The van der Waals surface area contributed by atoms with Crippen molar-refractivity contribution in [3.8, 4) is 0 Å². The van der Waals surface area contributed by atoms with Crippen LogP contribution in [0.15, 0.2) is 24.3 Å². The van der Waals surface area contributed by atoms with E-state index in [4.69, 9.17) is 11.6 Å². The Labute approximate surface area is 142 Å². The summed E-state index contributed by atoms with van der Waals surface area (Å²) in [5, 5.41) is 3.67. The molecule has 7 heteroatoms. The van der Waals surface area contributed by atoms with Gasteiger partial charge in [0.2, 0.25) is 5.91 Å². The summed E-state index contributed by atoms with van der Waals surface area (Å²) in [6, 6.07) is 7.29. The van der Waals surface area contributed by atoms with Crippen LogP contribution in [0.3, 0.4) is 0 Å². The van der Waals surface area contributed by atoms with Crippen LogP contribution in [0, 0.1) is 0 Å². The van der Waals surface area contributed by atoms with Crippen LogP contribution in [0.2, 0.25) is 5.02 Å². The molecular weight excluding hydrogens is 336 g/mol. The van der Waals surface area contributed by atoms with Crippen LogP contribution in [0.25, 0.3) is 0 Å². The molecule has 1 aliphatic heterocycles. The molecule has 23 heavy (non-hydrogen) atoms. The van der Waals surface area contributed by atoms with Gasteiger partial charge in [-0.25, -0.2) is 8.42 Å². The zero-order valence-electron chi connectivity index (χ0n) is 13.5. The van der Waals surface area contributed by atoms with Crippen LogP contribution < -0.4 is 5.32 Å². The van der Waals surface area contributed by atoms with Crippen LogP contribution in [-0.2, 0) is 14.6 Å². The first kappa shape index (κ1) is 18.2. The highest BCUT2D eigenvalue weighted by Crippen LogP contribution is 2.20. The van der Waals surface area contributed by atoms with Gasteiger partial charge in [0.25, 0.3) is 0 Å². The van der Waals surface area contributed by atoms with E-state index in [2.05, 4.69) is 5.32 Å². The fourth-order valence-corrected chi connectivity index (χ4v) is 4.77. The van der Waals surface area contributed by atoms with Gasteiger partial charge in [-0.1, -0.05) is 30.7 Å². The van der Waals surface area contributed by atoms with E-state index in [1.165, 1.54) is 0 Å². The summed E-state index contributed by atoms with van der Waals surface area (Å²) in [5.74, 6) is 0.260. The lowest BCUT2D eigenvalue weighted by Crippen LogP contribution is -2.42. The van der Waals surface area contributed by atoms with Crippen molar-refractivity contribution in [2.24, 2.45) is 0 Å². The number of hydrogen-bond donors (Lipinski definition) is 1. The second-order valence-electron chi connectivity index (χ2n) is 6.05.